The molecule has 1 amide bonds. The minimum absolute atomic E-state index is 0.0872. The van der Waals surface area contributed by atoms with Crippen molar-refractivity contribution in [3.05, 3.63) is 82.5 Å². The van der Waals surface area contributed by atoms with Crippen molar-refractivity contribution in [2.24, 2.45) is 0 Å². The first-order chi connectivity index (χ1) is 12.3. The summed E-state index contributed by atoms with van der Waals surface area (Å²) in [6, 6.07) is 19.7. The Kier molecular flexibility index (Phi) is 4.41. The fraction of sp³-hybridized carbons (Fsp3) is 0. The van der Waals surface area contributed by atoms with Crippen molar-refractivity contribution in [1.82, 2.24) is 4.98 Å². The summed E-state index contributed by atoms with van der Waals surface area (Å²) in [6.07, 6.45) is 1.79. The Morgan fingerprint density at radius 1 is 0.840 bits per heavy atom. The molecular weight excluding hydrogens is 348 g/mol. The van der Waals surface area contributed by atoms with Gasteiger partial charge in [-0.2, -0.15) is 0 Å². The van der Waals surface area contributed by atoms with Gasteiger partial charge in [0.1, 0.15) is 5.01 Å². The van der Waals surface area contributed by atoms with Crippen LogP contribution < -0.4 is 5.32 Å². The average molecular weight is 362 g/mol. The quantitative estimate of drug-likeness (QED) is 0.499. The van der Waals surface area contributed by atoms with Crippen LogP contribution in [-0.2, 0) is 0 Å². The summed E-state index contributed by atoms with van der Waals surface area (Å²) < 4.78 is 0. The van der Waals surface area contributed by atoms with E-state index in [2.05, 4.69) is 10.3 Å². The van der Waals surface area contributed by atoms with Crippen LogP contribution in [-0.4, -0.2) is 10.9 Å². The molecule has 3 nitrogen and oxygen atoms in total. The van der Waals surface area contributed by atoms with Gasteiger partial charge < -0.3 is 5.32 Å². The minimum atomic E-state index is -0.0872. The van der Waals surface area contributed by atoms with E-state index in [1.54, 1.807) is 17.5 Å². The zero-order chi connectivity index (χ0) is 17.1. The maximum atomic E-state index is 12.7. The number of thiazole rings is 1. The minimum Gasteiger partial charge on any atom is -0.321 e. The number of rotatable bonds is 4. The highest BCUT2D eigenvalue weighted by Crippen LogP contribution is 2.29. The Morgan fingerprint density at radius 2 is 1.64 bits per heavy atom. The lowest BCUT2D eigenvalue weighted by Crippen LogP contribution is -2.11. The molecule has 122 valence electrons. The van der Waals surface area contributed by atoms with Crippen molar-refractivity contribution >= 4 is 34.3 Å². The lowest BCUT2D eigenvalue weighted by molar-refractivity contribution is 0.103. The highest BCUT2D eigenvalue weighted by molar-refractivity contribution is 7.13. The van der Waals surface area contributed by atoms with Crippen LogP contribution in [0.5, 0.6) is 0 Å². The van der Waals surface area contributed by atoms with Crippen LogP contribution in [0.25, 0.3) is 21.7 Å². The molecular formula is C20H14N2OS2. The number of anilines is 1. The van der Waals surface area contributed by atoms with E-state index in [0.717, 1.165) is 32.3 Å². The van der Waals surface area contributed by atoms with Crippen LogP contribution in [0.3, 0.4) is 0 Å². The molecule has 0 unspecified atom stereocenters. The standard InChI is InChI=1S/C20H14N2OS2/c23-19(18-17(10-12-24-18)14-4-2-1-3-5-14)22-16-8-6-15(7-9-16)20-21-11-13-25-20/h1-13H,(H,22,23). The average Bonchev–Trinajstić information content (AvgIpc) is 3.35. The van der Waals surface area contributed by atoms with E-state index in [4.69, 9.17) is 0 Å². The van der Waals surface area contributed by atoms with E-state index in [9.17, 15) is 4.79 Å². The van der Waals surface area contributed by atoms with Crippen LogP contribution in [0.15, 0.2) is 77.6 Å². The lowest BCUT2D eigenvalue weighted by Gasteiger charge is -2.07. The molecule has 4 rings (SSSR count). The van der Waals surface area contributed by atoms with E-state index in [-0.39, 0.29) is 5.91 Å². The first-order valence-electron chi connectivity index (χ1n) is 7.75. The van der Waals surface area contributed by atoms with Gasteiger partial charge in [-0.15, -0.1) is 22.7 Å². The predicted molar refractivity (Wildman–Crippen MR) is 105 cm³/mol. The number of nitrogens with zero attached hydrogens (tertiary/aromatic N) is 1. The highest BCUT2D eigenvalue weighted by atomic mass is 32.1. The fourth-order valence-electron chi connectivity index (χ4n) is 2.58. The summed E-state index contributed by atoms with van der Waals surface area (Å²) >= 11 is 3.05. The molecule has 4 aromatic rings. The van der Waals surface area contributed by atoms with Gasteiger partial charge >= 0.3 is 0 Å². The largest absolute Gasteiger partial charge is 0.321 e. The third-order valence-corrected chi connectivity index (χ3v) is 5.51. The molecule has 2 heterocycles. The van der Waals surface area contributed by atoms with Gasteiger partial charge in [0.15, 0.2) is 0 Å². The smallest absolute Gasteiger partial charge is 0.266 e. The van der Waals surface area contributed by atoms with Crippen LogP contribution in [0.2, 0.25) is 0 Å². The fourth-order valence-corrected chi connectivity index (χ4v) is 4.04. The van der Waals surface area contributed by atoms with Crippen molar-refractivity contribution in [2.45, 2.75) is 0 Å². The van der Waals surface area contributed by atoms with Crippen molar-refractivity contribution in [1.29, 1.82) is 0 Å². The summed E-state index contributed by atoms with van der Waals surface area (Å²) in [7, 11) is 0. The molecule has 1 N–H and O–H groups in total. The van der Waals surface area contributed by atoms with Crippen molar-refractivity contribution < 1.29 is 4.79 Å². The van der Waals surface area contributed by atoms with Crippen molar-refractivity contribution in [2.75, 3.05) is 5.32 Å². The molecule has 0 spiro atoms. The first kappa shape index (κ1) is 15.7. The lowest BCUT2D eigenvalue weighted by atomic mass is 10.1. The van der Waals surface area contributed by atoms with Crippen LogP contribution in [0, 0.1) is 0 Å². The van der Waals surface area contributed by atoms with E-state index < -0.39 is 0 Å². The second-order valence-electron chi connectivity index (χ2n) is 5.40. The number of amides is 1. The molecule has 0 atom stereocenters. The number of thiophene rings is 1. The van der Waals surface area contributed by atoms with Gasteiger partial charge in [-0.3, -0.25) is 4.79 Å². The molecule has 0 aliphatic heterocycles. The summed E-state index contributed by atoms with van der Waals surface area (Å²) in [5.41, 5.74) is 3.84. The molecule has 2 aromatic heterocycles. The summed E-state index contributed by atoms with van der Waals surface area (Å²) in [5.74, 6) is -0.0872. The summed E-state index contributed by atoms with van der Waals surface area (Å²) in [6.45, 7) is 0. The number of hydrogen-bond acceptors (Lipinski definition) is 4. The first-order valence-corrected chi connectivity index (χ1v) is 9.51. The Labute approximate surface area is 153 Å². The predicted octanol–water partition coefficient (Wildman–Crippen LogP) is 5.79. The van der Waals surface area contributed by atoms with E-state index >= 15 is 0 Å². The van der Waals surface area contributed by atoms with Gasteiger partial charge in [-0.1, -0.05) is 30.3 Å². The molecule has 25 heavy (non-hydrogen) atoms. The summed E-state index contributed by atoms with van der Waals surface area (Å²) in [5, 5.41) is 7.85. The van der Waals surface area contributed by atoms with E-state index in [0.29, 0.717) is 0 Å². The zero-order valence-corrected chi connectivity index (χ0v) is 14.8. The molecule has 0 aliphatic rings. The number of carbonyl (C=O) groups excluding carboxylic acids is 1. The van der Waals surface area contributed by atoms with Crippen molar-refractivity contribution in [3.63, 3.8) is 0 Å². The molecule has 0 saturated heterocycles. The van der Waals surface area contributed by atoms with Gasteiger partial charge in [0.25, 0.3) is 5.91 Å². The maximum Gasteiger partial charge on any atom is 0.266 e. The van der Waals surface area contributed by atoms with Gasteiger partial charge in [-0.25, -0.2) is 4.98 Å². The SMILES string of the molecule is O=C(Nc1ccc(-c2nccs2)cc1)c1sccc1-c1ccccc1. The molecule has 2 aromatic carbocycles. The molecule has 0 fully saturated rings. The number of carbonyl (C=O) groups is 1. The monoisotopic (exact) mass is 362 g/mol. The number of aromatic nitrogens is 1. The molecule has 0 saturated carbocycles. The highest BCUT2D eigenvalue weighted by Gasteiger charge is 2.14. The second kappa shape index (κ2) is 7.01. The van der Waals surface area contributed by atoms with Gasteiger partial charge in [0, 0.05) is 28.4 Å². The Hall–Kier alpha value is -2.76. The maximum absolute atomic E-state index is 12.7. The second-order valence-corrected chi connectivity index (χ2v) is 7.21. The Morgan fingerprint density at radius 3 is 2.36 bits per heavy atom. The van der Waals surface area contributed by atoms with Crippen LogP contribution in [0.1, 0.15) is 9.67 Å². The van der Waals surface area contributed by atoms with Gasteiger partial charge in [0.2, 0.25) is 0 Å². The molecule has 0 radical (unpaired) electrons. The van der Waals surface area contributed by atoms with Crippen molar-refractivity contribution in [3.8, 4) is 21.7 Å². The number of benzene rings is 2. The normalized spacial score (nSPS) is 10.6. The Balaban J connectivity index is 1.54. The molecule has 5 heteroatoms. The summed E-state index contributed by atoms with van der Waals surface area (Å²) in [4.78, 5) is 17.7. The third kappa shape index (κ3) is 3.38. The molecule has 0 bridgehead atoms. The van der Waals surface area contributed by atoms with E-state index in [1.165, 1.54) is 11.3 Å². The molecule has 0 aliphatic carbocycles. The topological polar surface area (TPSA) is 42.0 Å². The Bertz CT molecular complexity index is 974. The van der Waals surface area contributed by atoms with E-state index in [1.807, 2.05) is 71.4 Å². The van der Waals surface area contributed by atoms with Crippen LogP contribution in [0.4, 0.5) is 5.69 Å². The van der Waals surface area contributed by atoms with Crippen LogP contribution >= 0.6 is 22.7 Å². The number of nitrogens with one attached hydrogen (secondary N) is 1. The number of hydrogen-bond donors (Lipinski definition) is 1. The zero-order valence-electron chi connectivity index (χ0n) is 13.2. The van der Waals surface area contributed by atoms with Gasteiger partial charge in [-0.05, 0) is 41.3 Å². The third-order valence-electron chi connectivity index (χ3n) is 3.78. The van der Waals surface area contributed by atoms with Gasteiger partial charge in [0.05, 0.1) is 4.88 Å².